The molecule has 0 unspecified atom stereocenters. The zero-order valence-electron chi connectivity index (χ0n) is 14.2. The van der Waals surface area contributed by atoms with Crippen LogP contribution in [0.3, 0.4) is 0 Å². The Kier molecular flexibility index (Phi) is 4.57. The Hall–Kier alpha value is -3.63. The minimum absolute atomic E-state index is 0.0273. The summed E-state index contributed by atoms with van der Waals surface area (Å²) in [6.07, 6.45) is 1.37. The third kappa shape index (κ3) is 3.46. The summed E-state index contributed by atoms with van der Waals surface area (Å²) >= 11 is 7.46. The summed E-state index contributed by atoms with van der Waals surface area (Å²) in [4.78, 5) is 37.5. The number of non-ortho nitro benzene ring substituents is 2. The molecular formula is C18H8ClN3O6S. The fourth-order valence-corrected chi connectivity index (χ4v) is 4.17. The number of esters is 1. The van der Waals surface area contributed by atoms with Gasteiger partial charge in [0.1, 0.15) is 4.88 Å². The molecule has 0 saturated heterocycles. The van der Waals surface area contributed by atoms with Gasteiger partial charge in [0, 0.05) is 34.4 Å². The third-order valence-corrected chi connectivity index (χ3v) is 5.67. The van der Waals surface area contributed by atoms with Crippen molar-refractivity contribution in [2.24, 2.45) is 4.99 Å². The number of carbonyl (C=O) groups excluding carboxylic acids is 1. The molecule has 0 amide bonds. The molecule has 0 fully saturated rings. The molecule has 0 bridgehead atoms. The molecule has 1 aliphatic heterocycles. The maximum Gasteiger partial charge on any atom is 0.363 e. The summed E-state index contributed by atoms with van der Waals surface area (Å²) in [5, 5.41) is 22.7. The molecule has 11 heteroatoms. The summed E-state index contributed by atoms with van der Waals surface area (Å²) in [5.41, 5.74) is 0.164. The van der Waals surface area contributed by atoms with E-state index in [-0.39, 0.29) is 28.0 Å². The summed E-state index contributed by atoms with van der Waals surface area (Å²) in [6.45, 7) is 0. The van der Waals surface area contributed by atoms with Crippen molar-refractivity contribution in [3.05, 3.63) is 83.9 Å². The Balaban J connectivity index is 1.74. The van der Waals surface area contributed by atoms with E-state index >= 15 is 0 Å². The van der Waals surface area contributed by atoms with Crippen LogP contribution in [-0.2, 0) is 9.53 Å². The normalized spacial score (nSPS) is 14.9. The molecule has 0 spiro atoms. The molecule has 4 rings (SSSR count). The van der Waals surface area contributed by atoms with Crippen molar-refractivity contribution in [1.82, 2.24) is 0 Å². The first kappa shape index (κ1) is 18.7. The van der Waals surface area contributed by atoms with Gasteiger partial charge in [-0.15, -0.1) is 11.3 Å². The van der Waals surface area contributed by atoms with Crippen molar-refractivity contribution in [3.8, 4) is 0 Å². The van der Waals surface area contributed by atoms with E-state index in [4.69, 9.17) is 16.3 Å². The summed E-state index contributed by atoms with van der Waals surface area (Å²) < 4.78 is 5.75. The van der Waals surface area contributed by atoms with E-state index in [1.54, 1.807) is 6.07 Å². The number of nitrogens with zero attached hydrogens (tertiary/aromatic N) is 3. The van der Waals surface area contributed by atoms with Crippen molar-refractivity contribution in [2.45, 2.75) is 0 Å². The molecule has 0 atom stereocenters. The molecule has 0 aliphatic carbocycles. The maximum atomic E-state index is 12.2. The lowest BCUT2D eigenvalue weighted by Gasteiger charge is -1.95. The number of cyclic esters (lactones) is 1. The molecule has 2 aromatic carbocycles. The van der Waals surface area contributed by atoms with Crippen molar-refractivity contribution in [2.75, 3.05) is 0 Å². The van der Waals surface area contributed by atoms with Gasteiger partial charge in [-0.1, -0.05) is 23.7 Å². The van der Waals surface area contributed by atoms with Crippen LogP contribution < -0.4 is 0 Å². The molecule has 2 heterocycles. The number of aliphatic imine (C=N–C) groups is 1. The van der Waals surface area contributed by atoms with Gasteiger partial charge in [-0.3, -0.25) is 20.2 Å². The lowest BCUT2D eigenvalue weighted by Crippen LogP contribution is -2.04. The molecule has 9 nitrogen and oxygen atoms in total. The summed E-state index contributed by atoms with van der Waals surface area (Å²) in [6, 6.07) is 9.96. The number of ether oxygens (including phenoxy) is 1. The first-order valence-corrected chi connectivity index (χ1v) is 9.17. The van der Waals surface area contributed by atoms with E-state index in [9.17, 15) is 25.0 Å². The SMILES string of the molecule is O=C1OC(c2sc3cc([N+](=O)[O-])ccc3c2Cl)=N/C1=C/c1cccc([N+](=O)[O-])c1. The number of nitro groups is 2. The monoisotopic (exact) mass is 429 g/mol. The van der Waals surface area contributed by atoms with Gasteiger partial charge >= 0.3 is 5.97 Å². The first-order valence-electron chi connectivity index (χ1n) is 7.97. The van der Waals surface area contributed by atoms with E-state index in [0.29, 0.717) is 20.5 Å². The Labute approximate surface area is 170 Å². The highest BCUT2D eigenvalue weighted by molar-refractivity contribution is 7.21. The van der Waals surface area contributed by atoms with Crippen LogP contribution in [0.25, 0.3) is 16.2 Å². The topological polar surface area (TPSA) is 125 Å². The molecule has 144 valence electrons. The number of halogens is 1. The number of rotatable bonds is 4. The number of fused-ring (bicyclic) bond motifs is 1. The zero-order valence-corrected chi connectivity index (χ0v) is 15.8. The predicted octanol–water partition coefficient (Wildman–Crippen LogP) is 4.72. The number of nitro benzene ring substituents is 2. The second-order valence-electron chi connectivity index (χ2n) is 5.87. The van der Waals surface area contributed by atoms with Crippen LogP contribution in [0.5, 0.6) is 0 Å². The number of thiophene rings is 1. The highest BCUT2D eigenvalue weighted by Gasteiger charge is 2.28. The lowest BCUT2D eigenvalue weighted by molar-refractivity contribution is -0.385. The largest absolute Gasteiger partial charge is 0.401 e. The van der Waals surface area contributed by atoms with Crippen LogP contribution in [0.4, 0.5) is 11.4 Å². The van der Waals surface area contributed by atoms with Gasteiger partial charge in [0.25, 0.3) is 11.4 Å². The fourth-order valence-electron chi connectivity index (χ4n) is 2.70. The molecule has 1 aliphatic rings. The Morgan fingerprint density at radius 1 is 1.07 bits per heavy atom. The van der Waals surface area contributed by atoms with Gasteiger partial charge in [0.05, 0.1) is 14.9 Å². The minimum atomic E-state index is -0.731. The predicted molar refractivity (Wildman–Crippen MR) is 107 cm³/mol. The second kappa shape index (κ2) is 7.08. The quantitative estimate of drug-likeness (QED) is 0.256. The zero-order chi connectivity index (χ0) is 20.7. The average molecular weight is 430 g/mol. The average Bonchev–Trinajstić information content (AvgIpc) is 3.21. The maximum absolute atomic E-state index is 12.2. The minimum Gasteiger partial charge on any atom is -0.401 e. The van der Waals surface area contributed by atoms with Crippen molar-refractivity contribution in [1.29, 1.82) is 0 Å². The van der Waals surface area contributed by atoms with Crippen molar-refractivity contribution >= 4 is 62.3 Å². The van der Waals surface area contributed by atoms with E-state index < -0.39 is 15.8 Å². The highest BCUT2D eigenvalue weighted by Crippen LogP contribution is 2.39. The van der Waals surface area contributed by atoms with Crippen LogP contribution in [0.15, 0.2) is 53.2 Å². The Bertz CT molecular complexity index is 1280. The molecule has 29 heavy (non-hydrogen) atoms. The summed E-state index contributed by atoms with van der Waals surface area (Å²) in [7, 11) is 0. The van der Waals surface area contributed by atoms with E-state index in [0.717, 1.165) is 11.3 Å². The smallest absolute Gasteiger partial charge is 0.363 e. The van der Waals surface area contributed by atoms with Crippen LogP contribution in [0.2, 0.25) is 5.02 Å². The second-order valence-corrected chi connectivity index (χ2v) is 7.30. The van der Waals surface area contributed by atoms with Gasteiger partial charge in [-0.05, 0) is 17.7 Å². The molecule has 0 N–H and O–H groups in total. The van der Waals surface area contributed by atoms with Gasteiger partial charge in [-0.25, -0.2) is 9.79 Å². The number of hydrogen-bond donors (Lipinski definition) is 0. The molecular weight excluding hydrogens is 422 g/mol. The molecule has 3 aromatic rings. The van der Waals surface area contributed by atoms with Crippen LogP contribution in [0.1, 0.15) is 10.4 Å². The Morgan fingerprint density at radius 2 is 1.79 bits per heavy atom. The fraction of sp³-hybridized carbons (Fsp3) is 0. The van der Waals surface area contributed by atoms with Crippen molar-refractivity contribution in [3.63, 3.8) is 0 Å². The van der Waals surface area contributed by atoms with E-state index in [2.05, 4.69) is 4.99 Å². The van der Waals surface area contributed by atoms with Gasteiger partial charge in [0.15, 0.2) is 5.70 Å². The van der Waals surface area contributed by atoms with E-state index in [1.165, 1.54) is 42.5 Å². The van der Waals surface area contributed by atoms with Crippen LogP contribution in [0, 0.1) is 20.2 Å². The molecule has 0 radical (unpaired) electrons. The van der Waals surface area contributed by atoms with E-state index in [1.807, 2.05) is 0 Å². The molecule has 1 aromatic heterocycles. The lowest BCUT2D eigenvalue weighted by atomic mass is 10.2. The van der Waals surface area contributed by atoms with Gasteiger partial charge in [-0.2, -0.15) is 0 Å². The standard InChI is InChI=1S/C18H8ClN3O6S/c19-15-12-5-4-11(22(26)27)8-14(12)29-16(15)17-20-13(18(23)28-17)7-9-2-1-3-10(6-9)21(24)25/h1-8H/b13-7+. The van der Waals surface area contributed by atoms with Gasteiger partial charge in [0.2, 0.25) is 5.90 Å². The van der Waals surface area contributed by atoms with Crippen LogP contribution >= 0.6 is 22.9 Å². The van der Waals surface area contributed by atoms with Crippen molar-refractivity contribution < 1.29 is 19.4 Å². The number of carbonyl (C=O) groups is 1. The molecule has 0 saturated carbocycles. The van der Waals surface area contributed by atoms with Gasteiger partial charge < -0.3 is 4.74 Å². The number of hydrogen-bond acceptors (Lipinski definition) is 8. The highest BCUT2D eigenvalue weighted by atomic mass is 35.5. The first-order chi connectivity index (χ1) is 13.8. The third-order valence-electron chi connectivity index (χ3n) is 4.02. The van der Waals surface area contributed by atoms with Crippen LogP contribution in [-0.4, -0.2) is 21.7 Å². The summed E-state index contributed by atoms with van der Waals surface area (Å²) in [5.74, 6) is -0.758. The Morgan fingerprint density at radius 3 is 2.52 bits per heavy atom. The number of benzene rings is 2.